The molecule has 0 bridgehead atoms. The molecule has 0 spiro atoms. The van der Waals surface area contributed by atoms with Crippen molar-refractivity contribution in [3.8, 4) is 0 Å². The van der Waals surface area contributed by atoms with E-state index >= 15 is 0 Å². The van der Waals surface area contributed by atoms with Crippen LogP contribution in [-0.2, 0) is 0 Å². The number of halogens is 4. The van der Waals surface area contributed by atoms with Gasteiger partial charge in [0.15, 0.2) is 5.15 Å². The number of nitrogens with zero attached hydrogens (tertiary/aromatic N) is 1. The van der Waals surface area contributed by atoms with Gasteiger partial charge >= 0.3 is 5.56 Å². The molecular formula is C6H3Cl4NO2. The Morgan fingerprint density at radius 2 is 1.62 bits per heavy atom. The van der Waals surface area contributed by atoms with Gasteiger partial charge in [-0.25, -0.2) is 0 Å². The van der Waals surface area contributed by atoms with Crippen molar-refractivity contribution in [2.24, 2.45) is 0 Å². The van der Waals surface area contributed by atoms with E-state index in [1.54, 1.807) is 0 Å². The van der Waals surface area contributed by atoms with E-state index in [0.717, 1.165) is 4.73 Å². The summed E-state index contributed by atoms with van der Waals surface area (Å²) in [5, 5.41) is -0.428. The Hall–Kier alpha value is -0.0900. The molecule has 1 aromatic rings. The van der Waals surface area contributed by atoms with Crippen LogP contribution < -0.4 is 10.4 Å². The van der Waals surface area contributed by atoms with Gasteiger partial charge < -0.3 is 4.84 Å². The quantitative estimate of drug-likeness (QED) is 0.729. The zero-order chi connectivity index (χ0) is 10.2. The molecule has 3 nitrogen and oxygen atoms in total. The standard InChI is InChI=1S/C6H3Cl4NO2/c1-13-11-5(10)3(8)2(7)4(9)6(11)12/h1H3. The first kappa shape index (κ1) is 11.0. The highest BCUT2D eigenvalue weighted by Crippen LogP contribution is 2.32. The van der Waals surface area contributed by atoms with Gasteiger partial charge in [-0.3, -0.25) is 4.79 Å². The van der Waals surface area contributed by atoms with Crippen molar-refractivity contribution in [2.45, 2.75) is 0 Å². The number of pyridine rings is 1. The third-order valence-corrected chi connectivity index (χ3v) is 3.03. The van der Waals surface area contributed by atoms with E-state index in [9.17, 15) is 4.79 Å². The van der Waals surface area contributed by atoms with Gasteiger partial charge in [0, 0.05) is 0 Å². The second-order valence-corrected chi connectivity index (χ2v) is 3.51. The summed E-state index contributed by atoms with van der Waals surface area (Å²) in [7, 11) is 1.26. The molecule has 0 saturated heterocycles. The highest BCUT2D eigenvalue weighted by atomic mass is 35.5. The Kier molecular flexibility index (Phi) is 3.35. The van der Waals surface area contributed by atoms with Crippen LogP contribution in [0.3, 0.4) is 0 Å². The van der Waals surface area contributed by atoms with E-state index in [0.29, 0.717) is 0 Å². The van der Waals surface area contributed by atoms with Crippen molar-refractivity contribution in [1.29, 1.82) is 0 Å². The van der Waals surface area contributed by atoms with Crippen molar-refractivity contribution in [2.75, 3.05) is 7.11 Å². The molecule has 0 saturated carbocycles. The van der Waals surface area contributed by atoms with E-state index in [4.69, 9.17) is 46.4 Å². The van der Waals surface area contributed by atoms with Crippen molar-refractivity contribution in [3.63, 3.8) is 0 Å². The zero-order valence-electron chi connectivity index (χ0n) is 6.28. The molecule has 1 rings (SSSR count). The molecule has 1 heterocycles. The average Bonchev–Trinajstić information content (AvgIpc) is 2.13. The van der Waals surface area contributed by atoms with Crippen LogP contribution in [0.15, 0.2) is 4.79 Å². The third-order valence-electron chi connectivity index (χ3n) is 1.30. The van der Waals surface area contributed by atoms with Crippen molar-refractivity contribution < 1.29 is 4.84 Å². The Bertz CT molecular complexity index is 401. The molecule has 0 aromatic carbocycles. The molecule has 1 aromatic heterocycles. The smallest absolute Gasteiger partial charge is 0.304 e. The molecule has 0 aliphatic heterocycles. The lowest BCUT2D eigenvalue weighted by molar-refractivity contribution is 0.158. The summed E-state index contributed by atoms with van der Waals surface area (Å²) in [5.41, 5.74) is -0.649. The third kappa shape index (κ3) is 1.74. The summed E-state index contributed by atoms with van der Waals surface area (Å²) in [4.78, 5) is 15.9. The van der Waals surface area contributed by atoms with Gasteiger partial charge in [0.05, 0.1) is 10.0 Å². The van der Waals surface area contributed by atoms with E-state index in [2.05, 4.69) is 4.84 Å². The maximum atomic E-state index is 11.3. The molecular weight excluding hydrogens is 260 g/mol. The van der Waals surface area contributed by atoms with Crippen LogP contribution in [0, 0.1) is 0 Å². The predicted molar refractivity (Wildman–Crippen MR) is 53.2 cm³/mol. The van der Waals surface area contributed by atoms with Crippen LogP contribution in [0.2, 0.25) is 20.2 Å². The second-order valence-electron chi connectivity index (χ2n) is 2.01. The van der Waals surface area contributed by atoms with E-state index < -0.39 is 5.56 Å². The van der Waals surface area contributed by atoms with Gasteiger partial charge in [-0.1, -0.05) is 46.4 Å². The molecule has 0 amide bonds. The van der Waals surface area contributed by atoms with Gasteiger partial charge in [0.1, 0.15) is 12.1 Å². The highest BCUT2D eigenvalue weighted by Gasteiger charge is 2.17. The summed E-state index contributed by atoms with van der Waals surface area (Å²) < 4.78 is 0.748. The first-order valence-electron chi connectivity index (χ1n) is 3.00. The molecule has 0 aliphatic carbocycles. The van der Waals surface area contributed by atoms with Crippen LogP contribution in [0.4, 0.5) is 0 Å². The fourth-order valence-electron chi connectivity index (χ4n) is 0.711. The monoisotopic (exact) mass is 261 g/mol. The van der Waals surface area contributed by atoms with Crippen molar-refractivity contribution >= 4 is 46.4 Å². The Balaban J connectivity index is 3.67. The van der Waals surface area contributed by atoms with Gasteiger partial charge in [-0.05, 0) is 0 Å². The lowest BCUT2D eigenvalue weighted by Crippen LogP contribution is -2.26. The van der Waals surface area contributed by atoms with Crippen LogP contribution in [0.5, 0.6) is 0 Å². The normalized spacial score (nSPS) is 10.2. The van der Waals surface area contributed by atoms with Crippen LogP contribution in [0.25, 0.3) is 0 Å². The molecule has 0 atom stereocenters. The minimum absolute atomic E-state index is 0.0187. The van der Waals surface area contributed by atoms with Gasteiger partial charge in [-0.15, -0.1) is 4.73 Å². The maximum Gasteiger partial charge on any atom is 0.304 e. The first-order valence-corrected chi connectivity index (χ1v) is 4.51. The summed E-state index contributed by atoms with van der Waals surface area (Å²) >= 11 is 22.4. The van der Waals surface area contributed by atoms with Gasteiger partial charge in [-0.2, -0.15) is 0 Å². The number of aromatic nitrogens is 1. The van der Waals surface area contributed by atoms with Crippen LogP contribution in [-0.4, -0.2) is 11.8 Å². The fraction of sp³-hybridized carbons (Fsp3) is 0.167. The Morgan fingerprint density at radius 3 is 2.08 bits per heavy atom. The molecule has 0 fully saturated rings. The van der Waals surface area contributed by atoms with Crippen LogP contribution in [0.1, 0.15) is 0 Å². The minimum Gasteiger partial charge on any atom is -0.413 e. The van der Waals surface area contributed by atoms with Crippen molar-refractivity contribution in [1.82, 2.24) is 4.73 Å². The first-order chi connectivity index (χ1) is 6.00. The molecule has 7 heteroatoms. The average molecular weight is 263 g/mol. The van der Waals surface area contributed by atoms with Gasteiger partial charge in [0.2, 0.25) is 0 Å². The summed E-state index contributed by atoms with van der Waals surface area (Å²) in [6, 6.07) is 0. The summed E-state index contributed by atoms with van der Waals surface area (Å²) in [5.74, 6) is 0. The lowest BCUT2D eigenvalue weighted by Gasteiger charge is -2.08. The molecule has 72 valence electrons. The van der Waals surface area contributed by atoms with Gasteiger partial charge in [0.25, 0.3) is 0 Å². The number of hydrogen-bond donors (Lipinski definition) is 0. The predicted octanol–water partition coefficient (Wildman–Crippen LogP) is 2.52. The molecule has 0 aliphatic rings. The lowest BCUT2D eigenvalue weighted by atomic mass is 10.5. The van der Waals surface area contributed by atoms with E-state index in [1.165, 1.54) is 7.11 Å². The topological polar surface area (TPSA) is 31.2 Å². The highest BCUT2D eigenvalue weighted by molar-refractivity contribution is 6.51. The van der Waals surface area contributed by atoms with Crippen molar-refractivity contribution in [3.05, 3.63) is 30.6 Å². The number of rotatable bonds is 1. The molecule has 0 unspecified atom stereocenters. The minimum atomic E-state index is -0.649. The largest absolute Gasteiger partial charge is 0.413 e. The van der Waals surface area contributed by atoms with Crippen LogP contribution >= 0.6 is 46.4 Å². The molecule has 0 N–H and O–H groups in total. The second kappa shape index (κ2) is 3.96. The summed E-state index contributed by atoms with van der Waals surface area (Å²) in [6.07, 6.45) is 0. The van der Waals surface area contributed by atoms with E-state index in [1.807, 2.05) is 0 Å². The number of hydrogen-bond acceptors (Lipinski definition) is 2. The van der Waals surface area contributed by atoms with E-state index in [-0.39, 0.29) is 20.2 Å². The Labute approximate surface area is 93.7 Å². The Morgan fingerprint density at radius 1 is 1.08 bits per heavy atom. The maximum absolute atomic E-state index is 11.3. The SMILES string of the molecule is COn1c(Cl)c(Cl)c(Cl)c(Cl)c1=O. The molecule has 0 radical (unpaired) electrons. The molecule has 13 heavy (non-hydrogen) atoms. The fourth-order valence-corrected chi connectivity index (χ4v) is 1.56. The summed E-state index contributed by atoms with van der Waals surface area (Å²) in [6.45, 7) is 0. The zero-order valence-corrected chi connectivity index (χ0v) is 9.30.